The molecule has 0 bridgehead atoms. The molecule has 0 aliphatic heterocycles. The van der Waals surface area contributed by atoms with Crippen LogP contribution in [0.1, 0.15) is 23.3 Å². The van der Waals surface area contributed by atoms with Gasteiger partial charge in [-0.1, -0.05) is 0 Å². The van der Waals surface area contributed by atoms with Crippen molar-refractivity contribution in [2.75, 3.05) is 13.6 Å². The van der Waals surface area contributed by atoms with E-state index in [1.807, 2.05) is 18.4 Å². The lowest BCUT2D eigenvalue weighted by atomic mass is 10.2. The Balaban J connectivity index is 1.75. The third kappa shape index (κ3) is 3.46. The van der Waals surface area contributed by atoms with Crippen molar-refractivity contribution in [1.82, 2.24) is 10.2 Å². The number of thiophene rings is 1. The minimum Gasteiger partial charge on any atom is -0.391 e. The van der Waals surface area contributed by atoms with Gasteiger partial charge in [0.25, 0.3) is 0 Å². The zero-order valence-electron chi connectivity index (χ0n) is 10.8. The summed E-state index contributed by atoms with van der Waals surface area (Å²) >= 11 is 1.65. The number of rotatable bonds is 5. The Labute approximate surface area is 112 Å². The van der Waals surface area contributed by atoms with Gasteiger partial charge in [-0.3, -0.25) is 0 Å². The summed E-state index contributed by atoms with van der Waals surface area (Å²) in [5, 5.41) is 14.7. The highest BCUT2D eigenvalue weighted by Crippen LogP contribution is 2.32. The van der Waals surface area contributed by atoms with Gasteiger partial charge in [0.15, 0.2) is 0 Å². The number of aliphatic hydroxyl groups excluding tert-OH is 1. The first kappa shape index (κ1) is 13.4. The Morgan fingerprint density at radius 3 is 2.94 bits per heavy atom. The molecule has 1 saturated carbocycles. The maximum absolute atomic E-state index is 11.8. The zero-order valence-corrected chi connectivity index (χ0v) is 11.7. The first-order chi connectivity index (χ1) is 8.58. The SMILES string of the molecule is Cc1ccsc1CNC(=O)N(C)CC(O)C1CC1. The van der Waals surface area contributed by atoms with Crippen LogP contribution in [0.15, 0.2) is 11.4 Å². The van der Waals surface area contributed by atoms with Gasteiger partial charge in [0.1, 0.15) is 0 Å². The summed E-state index contributed by atoms with van der Waals surface area (Å²) in [6, 6.07) is 1.93. The molecular weight excluding hydrogens is 248 g/mol. The highest BCUT2D eigenvalue weighted by molar-refractivity contribution is 7.10. The van der Waals surface area contributed by atoms with Gasteiger partial charge in [0.05, 0.1) is 12.6 Å². The van der Waals surface area contributed by atoms with Gasteiger partial charge in [-0.2, -0.15) is 0 Å². The Morgan fingerprint density at radius 2 is 2.39 bits per heavy atom. The first-order valence-electron chi connectivity index (χ1n) is 6.28. The maximum Gasteiger partial charge on any atom is 0.317 e. The van der Waals surface area contributed by atoms with E-state index in [1.54, 1.807) is 23.3 Å². The Hall–Kier alpha value is -1.07. The van der Waals surface area contributed by atoms with Gasteiger partial charge in [0.2, 0.25) is 0 Å². The molecule has 18 heavy (non-hydrogen) atoms. The van der Waals surface area contributed by atoms with Crippen molar-refractivity contribution in [3.8, 4) is 0 Å². The number of amides is 2. The molecule has 0 radical (unpaired) electrons. The third-order valence-electron chi connectivity index (χ3n) is 3.34. The van der Waals surface area contributed by atoms with Gasteiger partial charge in [-0.15, -0.1) is 11.3 Å². The normalized spacial score (nSPS) is 16.4. The van der Waals surface area contributed by atoms with Crippen molar-refractivity contribution in [3.63, 3.8) is 0 Å². The lowest BCUT2D eigenvalue weighted by molar-refractivity contribution is 0.113. The van der Waals surface area contributed by atoms with E-state index in [1.165, 1.54) is 10.4 Å². The number of aliphatic hydroxyl groups is 1. The number of carbonyl (C=O) groups excluding carboxylic acids is 1. The van der Waals surface area contributed by atoms with E-state index in [0.717, 1.165) is 12.8 Å². The fraction of sp³-hybridized carbons (Fsp3) is 0.615. The number of nitrogens with one attached hydrogen (secondary N) is 1. The summed E-state index contributed by atoms with van der Waals surface area (Å²) in [5.41, 5.74) is 1.21. The average molecular weight is 268 g/mol. The summed E-state index contributed by atoms with van der Waals surface area (Å²) in [5.74, 6) is 0.403. The summed E-state index contributed by atoms with van der Waals surface area (Å²) in [6.07, 6.45) is 1.81. The number of likely N-dealkylation sites (N-methyl/N-ethyl adjacent to an activating group) is 1. The number of nitrogens with zero attached hydrogens (tertiary/aromatic N) is 1. The fourth-order valence-electron chi connectivity index (χ4n) is 1.87. The van der Waals surface area contributed by atoms with E-state index in [4.69, 9.17) is 0 Å². The van der Waals surface area contributed by atoms with Crippen LogP contribution in [0.2, 0.25) is 0 Å². The molecule has 2 amide bonds. The predicted octanol–water partition coefficient (Wildman–Crippen LogP) is 1.97. The Bertz CT molecular complexity index is 415. The molecule has 0 spiro atoms. The standard InChI is InChI=1S/C13H20N2O2S/c1-9-5-6-18-12(9)7-14-13(17)15(2)8-11(16)10-3-4-10/h5-6,10-11,16H,3-4,7-8H2,1-2H3,(H,14,17). The molecule has 1 atom stereocenters. The number of hydrogen-bond acceptors (Lipinski definition) is 3. The minimum atomic E-state index is -0.371. The molecule has 2 N–H and O–H groups in total. The van der Waals surface area contributed by atoms with Gasteiger partial charge in [-0.25, -0.2) is 4.79 Å². The van der Waals surface area contributed by atoms with E-state index in [9.17, 15) is 9.90 Å². The molecule has 1 fully saturated rings. The Morgan fingerprint density at radius 1 is 1.67 bits per heavy atom. The van der Waals surface area contributed by atoms with Crippen molar-refractivity contribution >= 4 is 17.4 Å². The van der Waals surface area contributed by atoms with Crippen LogP contribution in [0.3, 0.4) is 0 Å². The molecule has 4 nitrogen and oxygen atoms in total. The van der Waals surface area contributed by atoms with E-state index in [-0.39, 0.29) is 12.1 Å². The molecule has 1 aromatic rings. The number of carbonyl (C=O) groups is 1. The minimum absolute atomic E-state index is 0.123. The van der Waals surface area contributed by atoms with Crippen LogP contribution in [0.4, 0.5) is 4.79 Å². The van der Waals surface area contributed by atoms with Crippen LogP contribution in [0.5, 0.6) is 0 Å². The molecule has 0 saturated heterocycles. The zero-order chi connectivity index (χ0) is 13.1. The topological polar surface area (TPSA) is 52.6 Å². The summed E-state index contributed by atoms with van der Waals surface area (Å²) in [7, 11) is 1.72. The smallest absolute Gasteiger partial charge is 0.317 e. The lowest BCUT2D eigenvalue weighted by Crippen LogP contribution is -2.41. The Kier molecular flexibility index (Phi) is 4.24. The van der Waals surface area contributed by atoms with Crippen molar-refractivity contribution in [2.45, 2.75) is 32.4 Å². The molecule has 1 aliphatic carbocycles. The summed E-state index contributed by atoms with van der Waals surface area (Å²) in [4.78, 5) is 14.6. The second-order valence-corrected chi connectivity index (χ2v) is 5.97. The van der Waals surface area contributed by atoms with Crippen molar-refractivity contribution in [2.24, 2.45) is 5.92 Å². The third-order valence-corrected chi connectivity index (χ3v) is 4.37. The van der Waals surface area contributed by atoms with Gasteiger partial charge in [-0.05, 0) is 42.7 Å². The van der Waals surface area contributed by atoms with Crippen LogP contribution in [0.25, 0.3) is 0 Å². The van der Waals surface area contributed by atoms with Gasteiger partial charge in [0, 0.05) is 18.5 Å². The largest absolute Gasteiger partial charge is 0.391 e. The van der Waals surface area contributed by atoms with Gasteiger partial charge >= 0.3 is 6.03 Å². The van der Waals surface area contributed by atoms with Crippen molar-refractivity contribution in [3.05, 3.63) is 21.9 Å². The van der Waals surface area contributed by atoms with Crippen molar-refractivity contribution in [1.29, 1.82) is 0 Å². The summed E-state index contributed by atoms with van der Waals surface area (Å²) < 4.78 is 0. The van der Waals surface area contributed by atoms with Crippen LogP contribution in [-0.4, -0.2) is 35.7 Å². The average Bonchev–Trinajstić information content (AvgIpc) is 3.10. The fourth-order valence-corrected chi connectivity index (χ4v) is 2.72. The van der Waals surface area contributed by atoms with E-state index < -0.39 is 0 Å². The van der Waals surface area contributed by atoms with Gasteiger partial charge < -0.3 is 15.3 Å². The van der Waals surface area contributed by atoms with Crippen LogP contribution >= 0.6 is 11.3 Å². The van der Waals surface area contributed by atoms with Crippen LogP contribution in [-0.2, 0) is 6.54 Å². The number of hydrogen-bond donors (Lipinski definition) is 2. The first-order valence-corrected chi connectivity index (χ1v) is 7.16. The summed E-state index contributed by atoms with van der Waals surface area (Å²) in [6.45, 7) is 3.02. The lowest BCUT2D eigenvalue weighted by Gasteiger charge is -2.21. The molecule has 5 heteroatoms. The molecule has 100 valence electrons. The highest BCUT2D eigenvalue weighted by Gasteiger charge is 2.31. The van der Waals surface area contributed by atoms with Crippen molar-refractivity contribution < 1.29 is 9.90 Å². The molecule has 2 rings (SSSR count). The molecule has 0 aromatic carbocycles. The monoisotopic (exact) mass is 268 g/mol. The van der Waals surface area contributed by atoms with E-state index in [0.29, 0.717) is 19.0 Å². The maximum atomic E-state index is 11.8. The van der Waals surface area contributed by atoms with E-state index in [2.05, 4.69) is 5.32 Å². The molecule has 1 unspecified atom stereocenters. The highest BCUT2D eigenvalue weighted by atomic mass is 32.1. The second-order valence-electron chi connectivity index (χ2n) is 4.97. The van der Waals surface area contributed by atoms with E-state index >= 15 is 0 Å². The molecule has 1 heterocycles. The molecular formula is C13H20N2O2S. The number of aryl methyl sites for hydroxylation is 1. The molecule has 1 aromatic heterocycles. The van der Waals surface area contributed by atoms with Crippen LogP contribution < -0.4 is 5.32 Å². The molecule has 1 aliphatic rings. The van der Waals surface area contributed by atoms with Crippen LogP contribution in [0, 0.1) is 12.8 Å². The quantitative estimate of drug-likeness (QED) is 0.858. The predicted molar refractivity (Wildman–Crippen MR) is 72.7 cm³/mol. The number of urea groups is 1. The second kappa shape index (κ2) is 5.71.